The van der Waals surface area contributed by atoms with Crippen molar-refractivity contribution in [2.75, 3.05) is 36.4 Å². The van der Waals surface area contributed by atoms with Crippen LogP contribution in [0.2, 0.25) is 0 Å². The summed E-state index contributed by atoms with van der Waals surface area (Å²) in [6.07, 6.45) is -9.47. The number of aliphatic imine (C=N–C) groups is 1. The highest BCUT2D eigenvalue weighted by Gasteiger charge is 2.38. The van der Waals surface area contributed by atoms with Crippen molar-refractivity contribution in [1.82, 2.24) is 4.90 Å². The molecule has 0 unspecified atom stereocenters. The van der Waals surface area contributed by atoms with Gasteiger partial charge in [0.25, 0.3) is 0 Å². The smallest absolute Gasteiger partial charge is 0.478 e. The minimum Gasteiger partial charge on any atom is -0.478 e. The molecule has 0 radical (unpaired) electrons. The molecule has 43 heavy (non-hydrogen) atoms. The van der Waals surface area contributed by atoms with E-state index in [2.05, 4.69) is 5.32 Å². The summed E-state index contributed by atoms with van der Waals surface area (Å²) in [7, 11) is 0. The molecule has 1 saturated heterocycles. The number of aliphatic carboxylic acids is 1. The third kappa shape index (κ3) is 9.94. The summed E-state index contributed by atoms with van der Waals surface area (Å²) >= 11 is 0. The molecular formula is C29H28F6N4O4. The zero-order chi connectivity index (χ0) is 31.8. The lowest BCUT2D eigenvalue weighted by Gasteiger charge is -2.38. The molecule has 0 aromatic heterocycles. The molecule has 3 N–H and O–H groups in total. The van der Waals surface area contributed by atoms with Crippen LogP contribution < -0.4 is 10.2 Å². The van der Waals surface area contributed by atoms with Gasteiger partial charge in [0.2, 0.25) is 0 Å². The van der Waals surface area contributed by atoms with Gasteiger partial charge < -0.3 is 25.3 Å². The van der Waals surface area contributed by atoms with E-state index in [9.17, 15) is 36.2 Å². The van der Waals surface area contributed by atoms with Crippen molar-refractivity contribution in [3.63, 3.8) is 0 Å². The summed E-state index contributed by atoms with van der Waals surface area (Å²) < 4.78 is 71.2. The van der Waals surface area contributed by atoms with Gasteiger partial charge in [-0.2, -0.15) is 26.3 Å². The van der Waals surface area contributed by atoms with Crippen LogP contribution in [0, 0.1) is 6.92 Å². The van der Waals surface area contributed by atoms with Gasteiger partial charge in [-0.25, -0.2) is 14.6 Å². The Morgan fingerprint density at radius 2 is 1.47 bits per heavy atom. The second-order valence-electron chi connectivity index (χ2n) is 9.46. The number of benzene rings is 3. The number of piperazine rings is 1. The Bertz CT molecular complexity index is 1430. The lowest BCUT2D eigenvalue weighted by Crippen LogP contribution is -2.50. The molecule has 0 atom stereocenters. The zero-order valence-corrected chi connectivity index (χ0v) is 22.8. The molecule has 1 heterocycles. The molecule has 1 fully saturated rings. The number of hydrogen-bond acceptors (Lipinski definition) is 4. The van der Waals surface area contributed by atoms with Crippen molar-refractivity contribution < 1.29 is 46.1 Å². The number of rotatable bonds is 5. The van der Waals surface area contributed by atoms with Crippen LogP contribution in [0.25, 0.3) is 0 Å². The Balaban J connectivity index is 0.000000646. The molecule has 0 spiro atoms. The SMILES string of the molecule is Cc1ccc(CN=C(Nc2cccc(C(=O)O)c2)N2CCN(c3cccc(C(F)(F)F)c3)CC2)cc1.O=C(O)C(F)(F)F. The summed E-state index contributed by atoms with van der Waals surface area (Å²) in [6, 6.07) is 19.9. The van der Waals surface area contributed by atoms with Crippen LogP contribution in [-0.4, -0.2) is 65.4 Å². The topological polar surface area (TPSA) is 105 Å². The van der Waals surface area contributed by atoms with E-state index in [0.717, 1.165) is 17.2 Å². The number of alkyl halides is 6. The Morgan fingerprint density at radius 3 is 2.02 bits per heavy atom. The minimum atomic E-state index is -5.08. The van der Waals surface area contributed by atoms with Crippen LogP contribution in [0.1, 0.15) is 27.0 Å². The number of hydrogen-bond donors (Lipinski definition) is 3. The first-order chi connectivity index (χ1) is 20.1. The first-order valence-electron chi connectivity index (χ1n) is 12.8. The normalized spacial score (nSPS) is 14.1. The quantitative estimate of drug-likeness (QED) is 0.181. The van der Waals surface area contributed by atoms with Crippen molar-refractivity contribution in [3.8, 4) is 0 Å². The number of aromatic carboxylic acids is 1. The molecule has 3 aromatic carbocycles. The van der Waals surface area contributed by atoms with Gasteiger partial charge in [-0.3, -0.25) is 0 Å². The number of anilines is 2. The minimum absolute atomic E-state index is 0.159. The van der Waals surface area contributed by atoms with E-state index in [4.69, 9.17) is 14.9 Å². The van der Waals surface area contributed by atoms with E-state index >= 15 is 0 Å². The zero-order valence-electron chi connectivity index (χ0n) is 22.8. The molecule has 1 aliphatic rings. The van der Waals surface area contributed by atoms with Gasteiger partial charge in [-0.05, 0) is 48.9 Å². The summed E-state index contributed by atoms with van der Waals surface area (Å²) in [5.74, 6) is -3.19. The van der Waals surface area contributed by atoms with E-state index in [1.807, 2.05) is 41.0 Å². The van der Waals surface area contributed by atoms with Gasteiger partial charge in [0, 0.05) is 37.6 Å². The average molecular weight is 611 g/mol. The van der Waals surface area contributed by atoms with E-state index in [1.54, 1.807) is 24.3 Å². The maximum absolute atomic E-state index is 13.1. The largest absolute Gasteiger partial charge is 0.490 e. The third-order valence-electron chi connectivity index (χ3n) is 6.26. The van der Waals surface area contributed by atoms with E-state index < -0.39 is 29.9 Å². The van der Waals surface area contributed by atoms with Crippen LogP contribution in [0.3, 0.4) is 0 Å². The average Bonchev–Trinajstić information content (AvgIpc) is 2.96. The maximum atomic E-state index is 13.1. The fourth-order valence-electron chi connectivity index (χ4n) is 3.99. The van der Waals surface area contributed by atoms with E-state index in [1.165, 1.54) is 18.2 Å². The number of guanidine groups is 1. The first kappa shape index (κ1) is 32.8. The standard InChI is InChI=1S/C27H27F3N4O2.C2HF3O2/c1-19-8-10-20(11-9-19)18-31-26(32-23-6-2-4-21(16-23)25(35)36)34-14-12-33(13-15-34)24-7-3-5-22(17-24)27(28,29)30;3-2(4,5)1(6)7/h2-11,16-17H,12-15,18H2,1H3,(H,31,32)(H,35,36);(H,6,7). The summed E-state index contributed by atoms with van der Waals surface area (Å²) in [5, 5.41) is 19.7. The molecule has 0 saturated carbocycles. The van der Waals surface area contributed by atoms with Gasteiger partial charge in [0.15, 0.2) is 5.96 Å². The number of carbonyl (C=O) groups is 2. The predicted molar refractivity (Wildman–Crippen MR) is 148 cm³/mol. The molecule has 1 aliphatic heterocycles. The number of carboxylic acids is 2. The Hall–Kier alpha value is -4.75. The molecular weight excluding hydrogens is 582 g/mol. The van der Waals surface area contributed by atoms with Gasteiger partial charge in [-0.15, -0.1) is 0 Å². The molecule has 3 aromatic rings. The molecule has 0 aliphatic carbocycles. The number of carboxylic acid groups (broad SMARTS) is 2. The highest BCUT2D eigenvalue weighted by molar-refractivity contribution is 5.96. The number of nitrogens with one attached hydrogen (secondary N) is 1. The second kappa shape index (κ2) is 13.9. The molecule has 0 amide bonds. The lowest BCUT2D eigenvalue weighted by molar-refractivity contribution is -0.192. The number of nitrogens with zero attached hydrogens (tertiary/aromatic N) is 3. The first-order valence-corrected chi connectivity index (χ1v) is 12.8. The molecule has 230 valence electrons. The predicted octanol–water partition coefficient (Wildman–Crippen LogP) is 6.14. The monoisotopic (exact) mass is 610 g/mol. The highest BCUT2D eigenvalue weighted by Crippen LogP contribution is 2.32. The van der Waals surface area contributed by atoms with Crippen LogP contribution in [0.4, 0.5) is 37.7 Å². The van der Waals surface area contributed by atoms with Gasteiger partial charge in [0.05, 0.1) is 17.7 Å². The molecule has 14 heteroatoms. The Kier molecular flexibility index (Phi) is 10.6. The summed E-state index contributed by atoms with van der Waals surface area (Å²) in [6.45, 7) is 4.54. The molecule has 4 rings (SSSR count). The van der Waals surface area contributed by atoms with Crippen LogP contribution in [0.5, 0.6) is 0 Å². The Labute approximate surface area is 242 Å². The Morgan fingerprint density at radius 1 is 0.860 bits per heavy atom. The van der Waals surface area contributed by atoms with Crippen molar-refractivity contribution >= 4 is 29.3 Å². The molecule has 8 nitrogen and oxygen atoms in total. The summed E-state index contributed by atoms with van der Waals surface area (Å²) in [4.78, 5) is 29.0. The molecule has 0 bridgehead atoms. The van der Waals surface area contributed by atoms with Gasteiger partial charge in [0.1, 0.15) is 0 Å². The number of halogens is 6. The fourth-order valence-corrected chi connectivity index (χ4v) is 3.99. The highest BCUT2D eigenvalue weighted by atomic mass is 19.4. The second-order valence-corrected chi connectivity index (χ2v) is 9.46. The van der Waals surface area contributed by atoms with Crippen molar-refractivity contribution in [1.29, 1.82) is 0 Å². The van der Waals surface area contributed by atoms with Crippen LogP contribution in [-0.2, 0) is 17.5 Å². The summed E-state index contributed by atoms with van der Waals surface area (Å²) in [5.41, 5.74) is 2.80. The maximum Gasteiger partial charge on any atom is 0.490 e. The van der Waals surface area contributed by atoms with Crippen molar-refractivity contribution in [3.05, 3.63) is 95.1 Å². The van der Waals surface area contributed by atoms with Crippen molar-refractivity contribution in [2.45, 2.75) is 25.8 Å². The lowest BCUT2D eigenvalue weighted by atomic mass is 10.1. The van der Waals surface area contributed by atoms with E-state index in [0.29, 0.717) is 50.1 Å². The van der Waals surface area contributed by atoms with E-state index in [-0.39, 0.29) is 5.56 Å². The van der Waals surface area contributed by atoms with Gasteiger partial charge >= 0.3 is 24.3 Å². The fraction of sp³-hybridized carbons (Fsp3) is 0.276. The third-order valence-corrected chi connectivity index (χ3v) is 6.26. The van der Waals surface area contributed by atoms with Crippen molar-refractivity contribution in [2.24, 2.45) is 4.99 Å². The van der Waals surface area contributed by atoms with Crippen LogP contribution in [0.15, 0.2) is 77.8 Å². The van der Waals surface area contributed by atoms with Crippen LogP contribution >= 0.6 is 0 Å². The number of aryl methyl sites for hydroxylation is 1. The van der Waals surface area contributed by atoms with Gasteiger partial charge in [-0.1, -0.05) is 42.0 Å².